The molecule has 246 valence electrons. The summed E-state index contributed by atoms with van der Waals surface area (Å²) in [6.45, 7) is 2.96. The highest BCUT2D eigenvalue weighted by Gasteiger charge is 2.22. The van der Waals surface area contributed by atoms with Gasteiger partial charge in [-0.05, 0) is 26.2 Å². The maximum atomic E-state index is 13.6. The number of benzene rings is 1. The maximum absolute atomic E-state index is 13.6. The van der Waals surface area contributed by atoms with Crippen molar-refractivity contribution in [1.29, 1.82) is 0 Å². The second kappa shape index (κ2) is 19.1. The lowest BCUT2D eigenvalue weighted by Crippen LogP contribution is -2.18. The summed E-state index contributed by atoms with van der Waals surface area (Å²) in [6.07, 6.45) is 13.9. The standard InChI is InChI=1S/C30H45F3N5O5P/c1-23(19-38-21-37-28-29(34)35-20-36-30(28)38)42-22-44(39,40)43-16-15-41-14-12-10-8-6-4-2-3-5-7-9-11-13-25-26(32)17-24(31)18-27(25)33/h17-18,20-21,23H,2-16,19,22H2,1H3,(H,39,40)(H2,34,35,36)/t23-/m1/s1. The number of aromatic nitrogens is 4. The Balaban J connectivity index is 1.09. The van der Waals surface area contributed by atoms with Crippen LogP contribution in [0.2, 0.25) is 0 Å². The molecule has 3 N–H and O–H groups in total. The molecule has 44 heavy (non-hydrogen) atoms. The molecule has 0 aliphatic heterocycles. The molecular formula is C30H45F3N5O5P. The van der Waals surface area contributed by atoms with Gasteiger partial charge in [-0.2, -0.15) is 0 Å². The number of imidazole rings is 1. The van der Waals surface area contributed by atoms with Crippen molar-refractivity contribution in [3.63, 3.8) is 0 Å². The van der Waals surface area contributed by atoms with Gasteiger partial charge in [-0.3, -0.25) is 4.57 Å². The first-order chi connectivity index (χ1) is 21.2. The van der Waals surface area contributed by atoms with Crippen LogP contribution < -0.4 is 5.73 Å². The van der Waals surface area contributed by atoms with Crippen LogP contribution in [0.4, 0.5) is 19.0 Å². The van der Waals surface area contributed by atoms with Gasteiger partial charge in [-0.15, -0.1) is 0 Å². The molecule has 3 rings (SSSR count). The number of nitrogen functional groups attached to an aromatic ring is 1. The first-order valence-electron chi connectivity index (χ1n) is 15.4. The number of halogens is 3. The van der Waals surface area contributed by atoms with Crippen molar-refractivity contribution < 1.29 is 36.6 Å². The molecule has 0 amide bonds. The van der Waals surface area contributed by atoms with Gasteiger partial charge in [0.05, 0.1) is 32.2 Å². The van der Waals surface area contributed by atoms with Crippen molar-refractivity contribution in [3.8, 4) is 0 Å². The lowest BCUT2D eigenvalue weighted by molar-refractivity contribution is 0.0610. The molecule has 0 saturated carbocycles. The number of nitrogens with two attached hydrogens (primary N) is 1. The van der Waals surface area contributed by atoms with Crippen molar-refractivity contribution in [2.45, 2.75) is 96.6 Å². The highest BCUT2D eigenvalue weighted by Crippen LogP contribution is 2.41. The highest BCUT2D eigenvalue weighted by molar-refractivity contribution is 7.52. The van der Waals surface area contributed by atoms with E-state index in [0.29, 0.717) is 37.2 Å². The SMILES string of the molecule is C[C@H](Cn1cnc2c(N)ncnc21)OCP(=O)(O)OCCOCCCCCCCCCCCCCc1c(F)cc(F)cc1F. The van der Waals surface area contributed by atoms with E-state index in [2.05, 4.69) is 15.0 Å². The Labute approximate surface area is 257 Å². The molecule has 1 unspecified atom stereocenters. The summed E-state index contributed by atoms with van der Waals surface area (Å²) in [5.74, 6) is -2.20. The largest absolute Gasteiger partial charge is 0.382 e. The maximum Gasteiger partial charge on any atom is 0.353 e. The summed E-state index contributed by atoms with van der Waals surface area (Å²) in [5, 5.41) is 0. The number of nitrogens with zero attached hydrogens (tertiary/aromatic N) is 4. The van der Waals surface area contributed by atoms with Crippen LogP contribution in [-0.2, 0) is 31.5 Å². The molecule has 0 fully saturated rings. The van der Waals surface area contributed by atoms with Gasteiger partial charge in [0.25, 0.3) is 0 Å². The van der Waals surface area contributed by atoms with Crippen LogP contribution in [0.1, 0.15) is 83.1 Å². The lowest BCUT2D eigenvalue weighted by Gasteiger charge is -2.17. The van der Waals surface area contributed by atoms with Gasteiger partial charge in [0.15, 0.2) is 11.5 Å². The van der Waals surface area contributed by atoms with E-state index in [-0.39, 0.29) is 24.6 Å². The monoisotopic (exact) mass is 643 g/mol. The molecule has 2 aromatic heterocycles. The second-order valence-electron chi connectivity index (χ2n) is 11.0. The van der Waals surface area contributed by atoms with E-state index in [0.717, 1.165) is 63.5 Å². The van der Waals surface area contributed by atoms with Crippen molar-refractivity contribution in [2.24, 2.45) is 0 Å². The first kappa shape index (κ1) is 35.9. The molecule has 3 aromatic rings. The molecular weight excluding hydrogens is 598 g/mol. The number of hydrogen-bond donors (Lipinski definition) is 2. The quantitative estimate of drug-likeness (QED) is 0.0832. The predicted octanol–water partition coefficient (Wildman–Crippen LogP) is 6.94. The number of unbranched alkanes of at least 4 members (excludes halogenated alkanes) is 10. The lowest BCUT2D eigenvalue weighted by atomic mass is 10.0. The average Bonchev–Trinajstić information content (AvgIpc) is 3.38. The Morgan fingerprint density at radius 2 is 1.50 bits per heavy atom. The van der Waals surface area contributed by atoms with E-state index < -0.39 is 37.5 Å². The van der Waals surface area contributed by atoms with Crippen molar-refractivity contribution >= 4 is 24.6 Å². The van der Waals surface area contributed by atoms with Gasteiger partial charge < -0.3 is 29.2 Å². The molecule has 0 bridgehead atoms. The van der Waals surface area contributed by atoms with E-state index in [1.54, 1.807) is 17.8 Å². The van der Waals surface area contributed by atoms with Gasteiger partial charge in [-0.1, -0.05) is 57.8 Å². The number of anilines is 1. The molecule has 10 nitrogen and oxygen atoms in total. The van der Waals surface area contributed by atoms with E-state index in [4.69, 9.17) is 19.7 Å². The predicted molar refractivity (Wildman–Crippen MR) is 163 cm³/mol. The fourth-order valence-electron chi connectivity index (χ4n) is 4.87. The van der Waals surface area contributed by atoms with Gasteiger partial charge in [0.1, 0.15) is 35.6 Å². The van der Waals surface area contributed by atoms with E-state index in [1.165, 1.54) is 19.2 Å². The third-order valence-electron chi connectivity index (χ3n) is 7.25. The fraction of sp³-hybridized carbons (Fsp3) is 0.633. The number of fused-ring (bicyclic) bond motifs is 1. The summed E-state index contributed by atoms with van der Waals surface area (Å²) >= 11 is 0. The van der Waals surface area contributed by atoms with Gasteiger partial charge in [-0.25, -0.2) is 28.1 Å². The Morgan fingerprint density at radius 3 is 2.16 bits per heavy atom. The Kier molecular flexibility index (Phi) is 15.6. The van der Waals surface area contributed by atoms with Crippen LogP contribution >= 0.6 is 7.60 Å². The third kappa shape index (κ3) is 12.8. The summed E-state index contributed by atoms with van der Waals surface area (Å²) in [4.78, 5) is 22.3. The molecule has 0 aliphatic rings. The van der Waals surface area contributed by atoms with Crippen LogP contribution in [-0.4, -0.2) is 56.7 Å². The number of ether oxygens (including phenoxy) is 2. The minimum absolute atomic E-state index is 0.00782. The molecule has 2 heterocycles. The fourth-order valence-corrected chi connectivity index (χ4v) is 5.75. The summed E-state index contributed by atoms with van der Waals surface area (Å²) in [6, 6.07) is 1.47. The van der Waals surface area contributed by atoms with Crippen LogP contribution in [0.25, 0.3) is 11.2 Å². The van der Waals surface area contributed by atoms with Crippen LogP contribution in [0, 0.1) is 17.5 Å². The van der Waals surface area contributed by atoms with Crippen LogP contribution in [0.15, 0.2) is 24.8 Å². The van der Waals surface area contributed by atoms with Crippen molar-refractivity contribution in [3.05, 3.63) is 47.8 Å². The molecule has 0 radical (unpaired) electrons. The Bertz CT molecular complexity index is 1310. The van der Waals surface area contributed by atoms with Crippen LogP contribution in [0.3, 0.4) is 0 Å². The van der Waals surface area contributed by atoms with E-state index >= 15 is 0 Å². The molecule has 0 spiro atoms. The first-order valence-corrected chi connectivity index (χ1v) is 17.1. The van der Waals surface area contributed by atoms with Gasteiger partial charge >= 0.3 is 7.60 Å². The zero-order chi connectivity index (χ0) is 31.8. The van der Waals surface area contributed by atoms with Crippen molar-refractivity contribution in [1.82, 2.24) is 19.5 Å². The molecule has 2 atom stereocenters. The zero-order valence-electron chi connectivity index (χ0n) is 25.4. The van der Waals surface area contributed by atoms with E-state index in [1.807, 2.05) is 0 Å². The topological polar surface area (TPSA) is 135 Å². The average molecular weight is 644 g/mol. The van der Waals surface area contributed by atoms with Crippen molar-refractivity contribution in [2.75, 3.05) is 31.9 Å². The molecule has 0 saturated heterocycles. The Morgan fingerprint density at radius 1 is 0.886 bits per heavy atom. The van der Waals surface area contributed by atoms with E-state index in [9.17, 15) is 22.6 Å². The third-order valence-corrected chi connectivity index (χ3v) is 8.31. The summed E-state index contributed by atoms with van der Waals surface area (Å²) in [7, 11) is -3.91. The molecule has 14 heteroatoms. The Hall–Kier alpha value is -2.57. The smallest absolute Gasteiger partial charge is 0.353 e. The number of hydrogen-bond acceptors (Lipinski definition) is 8. The zero-order valence-corrected chi connectivity index (χ0v) is 26.3. The summed E-state index contributed by atoms with van der Waals surface area (Å²) in [5.41, 5.74) is 6.83. The molecule has 0 aliphatic carbocycles. The second-order valence-corrected chi connectivity index (χ2v) is 12.8. The number of rotatable bonds is 23. The van der Waals surface area contributed by atoms with Gasteiger partial charge in [0.2, 0.25) is 0 Å². The minimum atomic E-state index is -3.91. The van der Waals surface area contributed by atoms with Gasteiger partial charge in [0, 0.05) is 24.3 Å². The summed E-state index contributed by atoms with van der Waals surface area (Å²) < 4.78 is 70.4. The van der Waals surface area contributed by atoms with Crippen LogP contribution in [0.5, 0.6) is 0 Å². The normalized spacial score (nSPS) is 13.8. The highest BCUT2D eigenvalue weighted by atomic mass is 31.2. The molecule has 1 aromatic carbocycles. The minimum Gasteiger partial charge on any atom is -0.382 e.